The van der Waals surface area contributed by atoms with Gasteiger partial charge in [0.15, 0.2) is 5.65 Å². The van der Waals surface area contributed by atoms with Crippen molar-refractivity contribution in [1.82, 2.24) is 24.0 Å². The average Bonchev–Trinajstić information content (AvgIpc) is 3.01. The standard InChI is InChI=1S/C30H32N8O5/c1-5-26(40)32-20-8-7-9-22(16-20)38-27-23(28(41)37(6-2)30(38)42)18-31-29(34-27)33-24-11-10-21(17-25(24)43-4)36-14-12-35(13-15-36)19(3)39/h5,7-11,16-18H,1,6,12-15H2,2-4H3,(H,32,40)(H,31,33,34). The summed E-state index contributed by atoms with van der Waals surface area (Å²) in [7, 11) is 1.56. The van der Waals surface area contributed by atoms with Gasteiger partial charge in [-0.2, -0.15) is 4.98 Å². The maximum atomic E-state index is 13.5. The van der Waals surface area contributed by atoms with Gasteiger partial charge in [-0.1, -0.05) is 12.6 Å². The smallest absolute Gasteiger partial charge is 0.337 e. The van der Waals surface area contributed by atoms with Crippen molar-refractivity contribution in [2.24, 2.45) is 0 Å². The zero-order chi connectivity index (χ0) is 30.7. The van der Waals surface area contributed by atoms with Gasteiger partial charge in [0.25, 0.3) is 5.56 Å². The van der Waals surface area contributed by atoms with E-state index < -0.39 is 17.2 Å². The van der Waals surface area contributed by atoms with Gasteiger partial charge in [-0.05, 0) is 43.3 Å². The van der Waals surface area contributed by atoms with Crippen LogP contribution in [0.3, 0.4) is 0 Å². The second-order valence-electron chi connectivity index (χ2n) is 9.84. The van der Waals surface area contributed by atoms with E-state index in [1.807, 2.05) is 23.1 Å². The quantitative estimate of drug-likeness (QED) is 0.299. The first-order chi connectivity index (χ1) is 20.7. The minimum Gasteiger partial charge on any atom is -0.494 e. The lowest BCUT2D eigenvalue weighted by atomic mass is 10.2. The third kappa shape index (κ3) is 5.82. The van der Waals surface area contributed by atoms with E-state index in [1.165, 1.54) is 10.8 Å². The molecule has 1 fully saturated rings. The Kier molecular flexibility index (Phi) is 8.23. The van der Waals surface area contributed by atoms with Crippen LogP contribution in [0.4, 0.5) is 23.0 Å². The molecule has 13 heteroatoms. The van der Waals surface area contributed by atoms with E-state index in [0.29, 0.717) is 49.0 Å². The Morgan fingerprint density at radius 3 is 2.51 bits per heavy atom. The first kappa shape index (κ1) is 29.0. The molecule has 0 saturated carbocycles. The fraction of sp³-hybridized carbons (Fsp3) is 0.267. The number of carbonyl (C=O) groups excluding carboxylic acids is 2. The lowest BCUT2D eigenvalue weighted by Crippen LogP contribution is -2.48. The van der Waals surface area contributed by atoms with Gasteiger partial charge in [-0.25, -0.2) is 14.3 Å². The van der Waals surface area contributed by atoms with Gasteiger partial charge in [-0.3, -0.25) is 19.0 Å². The number of piperazine rings is 1. The van der Waals surface area contributed by atoms with Crippen LogP contribution >= 0.6 is 0 Å². The molecule has 0 unspecified atom stereocenters. The van der Waals surface area contributed by atoms with Gasteiger partial charge in [0, 0.05) is 63.3 Å². The summed E-state index contributed by atoms with van der Waals surface area (Å²) in [6.45, 7) is 9.59. The molecule has 1 aliphatic heterocycles. The molecule has 2 N–H and O–H groups in total. The van der Waals surface area contributed by atoms with Crippen molar-refractivity contribution in [3.05, 3.63) is 82.2 Å². The van der Waals surface area contributed by atoms with Gasteiger partial charge in [0.2, 0.25) is 17.8 Å². The van der Waals surface area contributed by atoms with E-state index in [4.69, 9.17) is 4.74 Å². The Morgan fingerprint density at radius 2 is 1.84 bits per heavy atom. The maximum Gasteiger partial charge on any atom is 0.337 e. The SMILES string of the molecule is C=CC(=O)Nc1cccc(-n2c(=O)n(CC)c(=O)c3cnc(Nc4ccc(N5CCN(C(C)=O)CC5)cc4OC)nc32)c1. The minimum absolute atomic E-state index is 0.0679. The van der Waals surface area contributed by atoms with Crippen LogP contribution in [-0.2, 0) is 16.1 Å². The van der Waals surface area contributed by atoms with Crippen LogP contribution in [0, 0.1) is 0 Å². The number of hydrogen-bond acceptors (Lipinski definition) is 9. The number of amides is 2. The number of benzene rings is 2. The molecule has 4 aromatic rings. The van der Waals surface area contributed by atoms with E-state index in [1.54, 1.807) is 45.2 Å². The molecule has 43 heavy (non-hydrogen) atoms. The predicted molar refractivity (Wildman–Crippen MR) is 165 cm³/mol. The number of anilines is 4. The maximum absolute atomic E-state index is 13.5. The summed E-state index contributed by atoms with van der Waals surface area (Å²) >= 11 is 0. The highest BCUT2D eigenvalue weighted by Gasteiger charge is 2.21. The number of aromatic nitrogens is 4. The number of ether oxygens (including phenoxy) is 1. The fourth-order valence-corrected chi connectivity index (χ4v) is 5.01. The Bertz CT molecular complexity index is 1840. The molecule has 2 aromatic heterocycles. The average molecular weight is 585 g/mol. The third-order valence-corrected chi connectivity index (χ3v) is 7.27. The molecule has 0 spiro atoms. The van der Waals surface area contributed by atoms with Crippen LogP contribution in [0.1, 0.15) is 13.8 Å². The second kappa shape index (κ2) is 12.2. The topological polar surface area (TPSA) is 144 Å². The Morgan fingerprint density at radius 1 is 1.07 bits per heavy atom. The normalized spacial score (nSPS) is 13.1. The monoisotopic (exact) mass is 584 g/mol. The lowest BCUT2D eigenvalue weighted by molar-refractivity contribution is -0.129. The molecule has 222 valence electrons. The number of hydrogen-bond donors (Lipinski definition) is 2. The second-order valence-corrected chi connectivity index (χ2v) is 9.84. The molecular formula is C30H32N8O5. The molecule has 1 saturated heterocycles. The number of rotatable bonds is 8. The van der Waals surface area contributed by atoms with Crippen LogP contribution in [0.2, 0.25) is 0 Å². The van der Waals surface area contributed by atoms with Crippen molar-refractivity contribution in [3.63, 3.8) is 0 Å². The van der Waals surface area contributed by atoms with Gasteiger partial charge in [-0.15, -0.1) is 0 Å². The fourth-order valence-electron chi connectivity index (χ4n) is 5.01. The molecule has 0 radical (unpaired) electrons. The molecule has 0 atom stereocenters. The number of fused-ring (bicyclic) bond motifs is 1. The van der Waals surface area contributed by atoms with Crippen LogP contribution in [0.15, 0.2) is 70.9 Å². The molecule has 13 nitrogen and oxygen atoms in total. The van der Waals surface area contributed by atoms with E-state index in [2.05, 4.69) is 32.1 Å². The zero-order valence-corrected chi connectivity index (χ0v) is 24.2. The highest BCUT2D eigenvalue weighted by Crippen LogP contribution is 2.32. The van der Waals surface area contributed by atoms with Crippen molar-refractivity contribution in [3.8, 4) is 11.4 Å². The molecule has 2 amide bonds. The summed E-state index contributed by atoms with van der Waals surface area (Å²) in [6, 6.07) is 12.3. The summed E-state index contributed by atoms with van der Waals surface area (Å²) in [4.78, 5) is 63.2. The van der Waals surface area contributed by atoms with Crippen molar-refractivity contribution in [2.75, 3.05) is 48.8 Å². The lowest BCUT2D eigenvalue weighted by Gasteiger charge is -2.35. The van der Waals surface area contributed by atoms with Crippen LogP contribution in [-0.4, -0.2) is 69.1 Å². The Hall–Kier alpha value is -5.46. The molecule has 5 rings (SSSR count). The Labute approximate surface area is 247 Å². The van der Waals surface area contributed by atoms with E-state index in [-0.39, 0.29) is 29.4 Å². The number of carbonyl (C=O) groups is 2. The van der Waals surface area contributed by atoms with E-state index in [9.17, 15) is 19.2 Å². The van der Waals surface area contributed by atoms with E-state index in [0.717, 1.165) is 16.3 Å². The van der Waals surface area contributed by atoms with Crippen LogP contribution < -0.4 is 31.5 Å². The molecule has 1 aliphatic rings. The summed E-state index contributed by atoms with van der Waals surface area (Å²) in [6.07, 6.45) is 2.53. The Balaban J connectivity index is 1.53. The van der Waals surface area contributed by atoms with Crippen molar-refractivity contribution >= 4 is 45.9 Å². The summed E-state index contributed by atoms with van der Waals surface area (Å²) in [5.41, 5.74) is 1.38. The molecule has 2 aromatic carbocycles. The molecular weight excluding hydrogens is 552 g/mol. The first-order valence-electron chi connectivity index (χ1n) is 13.8. The van der Waals surface area contributed by atoms with Crippen molar-refractivity contribution < 1.29 is 14.3 Å². The highest BCUT2D eigenvalue weighted by molar-refractivity contribution is 5.99. The van der Waals surface area contributed by atoms with Crippen molar-refractivity contribution in [2.45, 2.75) is 20.4 Å². The largest absolute Gasteiger partial charge is 0.494 e. The van der Waals surface area contributed by atoms with Gasteiger partial charge in [0.1, 0.15) is 11.1 Å². The van der Waals surface area contributed by atoms with Gasteiger partial charge < -0.3 is 25.2 Å². The molecule has 0 aliphatic carbocycles. The van der Waals surface area contributed by atoms with Crippen LogP contribution in [0.5, 0.6) is 5.75 Å². The van der Waals surface area contributed by atoms with E-state index >= 15 is 0 Å². The van der Waals surface area contributed by atoms with Crippen molar-refractivity contribution in [1.29, 1.82) is 0 Å². The molecule has 3 heterocycles. The summed E-state index contributed by atoms with van der Waals surface area (Å²) in [5.74, 6) is 0.351. The predicted octanol–water partition coefficient (Wildman–Crippen LogP) is 2.51. The molecule has 0 bridgehead atoms. The number of methoxy groups -OCH3 is 1. The van der Waals surface area contributed by atoms with Gasteiger partial charge >= 0.3 is 5.69 Å². The minimum atomic E-state index is -0.580. The summed E-state index contributed by atoms with van der Waals surface area (Å²) in [5, 5.41) is 5.98. The number of nitrogens with one attached hydrogen (secondary N) is 2. The third-order valence-electron chi connectivity index (χ3n) is 7.27. The zero-order valence-electron chi connectivity index (χ0n) is 24.2. The van der Waals surface area contributed by atoms with Crippen LogP contribution in [0.25, 0.3) is 16.7 Å². The number of nitrogens with zero attached hydrogens (tertiary/aromatic N) is 6. The summed E-state index contributed by atoms with van der Waals surface area (Å²) < 4.78 is 8.07. The highest BCUT2D eigenvalue weighted by atomic mass is 16.5. The first-order valence-corrected chi connectivity index (χ1v) is 13.8. The van der Waals surface area contributed by atoms with Gasteiger partial charge in [0.05, 0.1) is 18.5 Å².